The lowest BCUT2D eigenvalue weighted by Crippen LogP contribution is -2.25. The summed E-state index contributed by atoms with van der Waals surface area (Å²) in [6.45, 7) is 2.52. The summed E-state index contributed by atoms with van der Waals surface area (Å²) in [4.78, 5) is 11.3. The number of carbonyl (C=O) groups excluding carboxylic acids is 1. The second kappa shape index (κ2) is 7.49. The number of ether oxygens (including phenoxy) is 1. The molecule has 0 spiro atoms. The van der Waals surface area contributed by atoms with Crippen LogP contribution in [0.2, 0.25) is 10.0 Å². The Balaban J connectivity index is 2.64. The third kappa shape index (κ3) is 4.39. The van der Waals surface area contributed by atoms with Crippen molar-refractivity contribution in [1.82, 2.24) is 5.32 Å². The Kier molecular flexibility index (Phi) is 6.30. The van der Waals surface area contributed by atoms with E-state index in [4.69, 9.17) is 27.9 Å². The van der Waals surface area contributed by atoms with E-state index in [9.17, 15) is 4.79 Å². The summed E-state index contributed by atoms with van der Waals surface area (Å²) < 4.78 is 5.23. The van der Waals surface area contributed by atoms with Crippen molar-refractivity contribution in [3.63, 3.8) is 0 Å². The Morgan fingerprint density at radius 2 is 2.11 bits per heavy atom. The SMILES string of the molecule is CCCC(=O)NCCc1cc(Cl)cc(Cl)c1OC. The van der Waals surface area contributed by atoms with E-state index in [0.29, 0.717) is 35.2 Å². The Bertz CT molecular complexity index is 422. The van der Waals surface area contributed by atoms with E-state index < -0.39 is 0 Å². The van der Waals surface area contributed by atoms with Gasteiger partial charge in [0.2, 0.25) is 5.91 Å². The summed E-state index contributed by atoms with van der Waals surface area (Å²) in [5.74, 6) is 0.676. The van der Waals surface area contributed by atoms with Gasteiger partial charge in [0.05, 0.1) is 12.1 Å². The molecular weight excluding hydrogens is 273 g/mol. The van der Waals surface area contributed by atoms with E-state index in [2.05, 4.69) is 5.32 Å². The fourth-order valence-corrected chi connectivity index (χ4v) is 2.29. The fraction of sp³-hybridized carbons (Fsp3) is 0.462. The van der Waals surface area contributed by atoms with Crippen molar-refractivity contribution in [3.8, 4) is 5.75 Å². The molecule has 0 aliphatic rings. The Morgan fingerprint density at radius 3 is 2.72 bits per heavy atom. The van der Waals surface area contributed by atoms with Gasteiger partial charge in [-0.1, -0.05) is 30.1 Å². The molecule has 0 saturated carbocycles. The van der Waals surface area contributed by atoms with Crippen molar-refractivity contribution in [2.45, 2.75) is 26.2 Å². The van der Waals surface area contributed by atoms with E-state index in [-0.39, 0.29) is 5.91 Å². The minimum Gasteiger partial charge on any atom is -0.495 e. The molecule has 1 N–H and O–H groups in total. The third-order valence-corrected chi connectivity index (χ3v) is 2.98. The molecule has 1 amide bonds. The number of carbonyl (C=O) groups is 1. The van der Waals surface area contributed by atoms with Gasteiger partial charge in [-0.25, -0.2) is 0 Å². The Hall–Kier alpha value is -0.930. The second-order valence-corrected chi connectivity index (χ2v) is 4.77. The number of halogens is 2. The van der Waals surface area contributed by atoms with E-state index in [1.54, 1.807) is 19.2 Å². The molecule has 0 unspecified atom stereocenters. The van der Waals surface area contributed by atoms with Gasteiger partial charge in [0, 0.05) is 18.0 Å². The Labute approximate surface area is 117 Å². The van der Waals surface area contributed by atoms with Crippen molar-refractivity contribution in [1.29, 1.82) is 0 Å². The normalized spacial score (nSPS) is 10.2. The smallest absolute Gasteiger partial charge is 0.219 e. The highest BCUT2D eigenvalue weighted by molar-refractivity contribution is 6.35. The predicted octanol–water partition coefficient (Wildman–Crippen LogP) is 3.46. The highest BCUT2D eigenvalue weighted by Gasteiger charge is 2.10. The van der Waals surface area contributed by atoms with Crippen LogP contribution in [-0.4, -0.2) is 19.6 Å². The molecule has 3 nitrogen and oxygen atoms in total. The summed E-state index contributed by atoms with van der Waals surface area (Å²) in [6.07, 6.45) is 2.03. The van der Waals surface area contributed by atoms with E-state index in [1.165, 1.54) is 0 Å². The molecule has 0 saturated heterocycles. The lowest BCUT2D eigenvalue weighted by atomic mass is 10.1. The molecule has 1 aromatic rings. The molecule has 1 rings (SSSR count). The summed E-state index contributed by atoms with van der Waals surface area (Å²) >= 11 is 12.0. The van der Waals surface area contributed by atoms with Gasteiger partial charge in [-0.3, -0.25) is 4.79 Å². The number of rotatable bonds is 6. The molecule has 0 bridgehead atoms. The van der Waals surface area contributed by atoms with E-state index in [0.717, 1.165) is 12.0 Å². The number of nitrogens with one attached hydrogen (secondary N) is 1. The second-order valence-electron chi connectivity index (χ2n) is 3.93. The first-order chi connectivity index (χ1) is 8.58. The van der Waals surface area contributed by atoms with Gasteiger partial charge >= 0.3 is 0 Å². The highest BCUT2D eigenvalue weighted by Crippen LogP contribution is 2.32. The van der Waals surface area contributed by atoms with Crippen molar-refractivity contribution < 1.29 is 9.53 Å². The van der Waals surface area contributed by atoms with Crippen LogP contribution in [0.15, 0.2) is 12.1 Å². The number of methoxy groups -OCH3 is 1. The third-order valence-electron chi connectivity index (χ3n) is 2.48. The molecule has 0 aliphatic heterocycles. The highest BCUT2D eigenvalue weighted by atomic mass is 35.5. The monoisotopic (exact) mass is 289 g/mol. The van der Waals surface area contributed by atoms with Gasteiger partial charge in [-0.05, 0) is 30.5 Å². The zero-order chi connectivity index (χ0) is 13.5. The summed E-state index contributed by atoms with van der Waals surface area (Å²) in [5.41, 5.74) is 0.895. The molecule has 18 heavy (non-hydrogen) atoms. The minimum atomic E-state index is 0.0598. The lowest BCUT2D eigenvalue weighted by Gasteiger charge is -2.11. The van der Waals surface area contributed by atoms with Crippen LogP contribution < -0.4 is 10.1 Å². The van der Waals surface area contributed by atoms with Crippen molar-refractivity contribution in [2.75, 3.05) is 13.7 Å². The maximum absolute atomic E-state index is 11.3. The summed E-state index contributed by atoms with van der Waals surface area (Å²) in [7, 11) is 1.56. The summed E-state index contributed by atoms with van der Waals surface area (Å²) in [6, 6.07) is 3.44. The predicted molar refractivity (Wildman–Crippen MR) is 74.6 cm³/mol. The minimum absolute atomic E-state index is 0.0598. The van der Waals surface area contributed by atoms with Gasteiger partial charge in [-0.15, -0.1) is 0 Å². The van der Waals surface area contributed by atoms with Crippen LogP contribution in [-0.2, 0) is 11.2 Å². The topological polar surface area (TPSA) is 38.3 Å². The van der Waals surface area contributed by atoms with Crippen molar-refractivity contribution in [2.24, 2.45) is 0 Å². The quantitative estimate of drug-likeness (QED) is 0.871. The largest absolute Gasteiger partial charge is 0.495 e. The number of amides is 1. The van der Waals surface area contributed by atoms with E-state index in [1.807, 2.05) is 6.92 Å². The van der Waals surface area contributed by atoms with Crippen LogP contribution in [0.1, 0.15) is 25.3 Å². The van der Waals surface area contributed by atoms with Gasteiger partial charge in [0.25, 0.3) is 0 Å². The maximum atomic E-state index is 11.3. The average Bonchev–Trinajstić information content (AvgIpc) is 2.28. The lowest BCUT2D eigenvalue weighted by molar-refractivity contribution is -0.121. The number of hydrogen-bond donors (Lipinski definition) is 1. The molecule has 0 radical (unpaired) electrons. The molecule has 0 aromatic heterocycles. The zero-order valence-corrected chi connectivity index (χ0v) is 12.1. The van der Waals surface area contributed by atoms with Crippen LogP contribution >= 0.6 is 23.2 Å². The molecular formula is C13H17Cl2NO2. The van der Waals surface area contributed by atoms with Gasteiger partial charge in [0.1, 0.15) is 5.75 Å². The van der Waals surface area contributed by atoms with Gasteiger partial charge < -0.3 is 10.1 Å². The average molecular weight is 290 g/mol. The van der Waals surface area contributed by atoms with Gasteiger partial charge in [0.15, 0.2) is 0 Å². The van der Waals surface area contributed by atoms with Crippen LogP contribution in [0.4, 0.5) is 0 Å². The molecule has 0 aliphatic carbocycles. The van der Waals surface area contributed by atoms with Crippen molar-refractivity contribution in [3.05, 3.63) is 27.7 Å². The van der Waals surface area contributed by atoms with Crippen LogP contribution in [0, 0.1) is 0 Å². The molecule has 100 valence electrons. The first kappa shape index (κ1) is 15.1. The molecule has 0 fully saturated rings. The van der Waals surface area contributed by atoms with Crippen LogP contribution in [0.5, 0.6) is 5.75 Å². The standard InChI is InChI=1S/C13H17Cl2NO2/c1-3-4-12(17)16-6-5-9-7-10(14)8-11(15)13(9)18-2/h7-8H,3-6H2,1-2H3,(H,16,17). The number of hydrogen-bond acceptors (Lipinski definition) is 2. The first-order valence-corrected chi connectivity index (χ1v) is 6.62. The molecule has 0 heterocycles. The molecule has 5 heteroatoms. The zero-order valence-electron chi connectivity index (χ0n) is 10.6. The fourth-order valence-electron chi connectivity index (χ4n) is 1.68. The van der Waals surface area contributed by atoms with Crippen molar-refractivity contribution >= 4 is 29.1 Å². The maximum Gasteiger partial charge on any atom is 0.219 e. The number of benzene rings is 1. The van der Waals surface area contributed by atoms with Gasteiger partial charge in [-0.2, -0.15) is 0 Å². The Morgan fingerprint density at radius 1 is 1.39 bits per heavy atom. The first-order valence-electron chi connectivity index (χ1n) is 5.87. The van der Waals surface area contributed by atoms with Crippen LogP contribution in [0.25, 0.3) is 0 Å². The summed E-state index contributed by atoms with van der Waals surface area (Å²) in [5, 5.41) is 3.89. The molecule has 1 aromatic carbocycles. The van der Waals surface area contributed by atoms with E-state index >= 15 is 0 Å². The van der Waals surface area contributed by atoms with Crippen LogP contribution in [0.3, 0.4) is 0 Å². The molecule has 0 atom stereocenters.